The summed E-state index contributed by atoms with van der Waals surface area (Å²) in [6.45, 7) is 1.95. The zero-order valence-electron chi connectivity index (χ0n) is 11.9. The van der Waals surface area contributed by atoms with Crippen molar-refractivity contribution in [1.82, 2.24) is 10.2 Å². The second-order valence-corrected chi connectivity index (χ2v) is 6.64. The molecule has 0 spiro atoms. The van der Waals surface area contributed by atoms with E-state index >= 15 is 0 Å². The van der Waals surface area contributed by atoms with E-state index in [0.29, 0.717) is 19.0 Å². The van der Waals surface area contributed by atoms with E-state index in [9.17, 15) is 9.59 Å². The van der Waals surface area contributed by atoms with Gasteiger partial charge in [-0.3, -0.25) is 9.59 Å². The predicted octanol–water partition coefficient (Wildman–Crippen LogP) is 2.63. The van der Waals surface area contributed by atoms with Crippen molar-refractivity contribution in [3.8, 4) is 0 Å². The predicted molar refractivity (Wildman–Crippen MR) is 84.0 cm³/mol. The standard InChI is InChI=1S/C15H20Cl2N2O2/c16-13(17)4-1-5-14(20)19-8-2-3-12(10-19)15(21)18-9-11-6-7-11/h1,4-5,11-12H,2-3,6-10H2,(H,18,21). The highest BCUT2D eigenvalue weighted by Gasteiger charge is 2.29. The number of hydrogen-bond donors (Lipinski definition) is 1. The molecule has 6 heteroatoms. The molecule has 1 N–H and O–H groups in total. The number of carbonyl (C=O) groups excluding carboxylic acids is 2. The van der Waals surface area contributed by atoms with Crippen LogP contribution in [-0.2, 0) is 9.59 Å². The topological polar surface area (TPSA) is 49.4 Å². The molecule has 0 aromatic rings. The van der Waals surface area contributed by atoms with Crippen molar-refractivity contribution in [2.75, 3.05) is 19.6 Å². The van der Waals surface area contributed by atoms with Gasteiger partial charge in [-0.15, -0.1) is 0 Å². The number of amides is 2. The number of nitrogens with zero attached hydrogens (tertiary/aromatic N) is 1. The SMILES string of the molecule is O=C(NCC1CC1)C1CCCN(C(=O)C=CC=C(Cl)Cl)C1. The van der Waals surface area contributed by atoms with Crippen molar-refractivity contribution in [3.05, 3.63) is 22.7 Å². The van der Waals surface area contributed by atoms with Crippen molar-refractivity contribution in [1.29, 1.82) is 0 Å². The van der Waals surface area contributed by atoms with Crippen molar-refractivity contribution >= 4 is 35.0 Å². The third-order valence-corrected chi connectivity index (χ3v) is 4.08. The van der Waals surface area contributed by atoms with E-state index in [-0.39, 0.29) is 22.2 Å². The van der Waals surface area contributed by atoms with Crippen molar-refractivity contribution in [3.63, 3.8) is 0 Å². The number of likely N-dealkylation sites (tertiary alicyclic amines) is 1. The molecule has 2 amide bonds. The number of allylic oxidation sites excluding steroid dienone is 2. The maximum Gasteiger partial charge on any atom is 0.246 e. The number of halogens is 2. The third-order valence-electron chi connectivity index (χ3n) is 3.83. The van der Waals surface area contributed by atoms with E-state index in [2.05, 4.69) is 5.32 Å². The second kappa shape index (κ2) is 7.85. The van der Waals surface area contributed by atoms with E-state index in [4.69, 9.17) is 23.2 Å². The lowest BCUT2D eigenvalue weighted by atomic mass is 9.97. The van der Waals surface area contributed by atoms with Crippen LogP contribution in [-0.4, -0.2) is 36.3 Å². The molecule has 0 radical (unpaired) electrons. The first kappa shape index (κ1) is 16.4. The van der Waals surface area contributed by atoms with Crippen LogP contribution in [0.1, 0.15) is 25.7 Å². The van der Waals surface area contributed by atoms with Gasteiger partial charge in [-0.1, -0.05) is 29.3 Å². The first-order valence-electron chi connectivity index (χ1n) is 7.32. The van der Waals surface area contributed by atoms with Gasteiger partial charge in [-0.2, -0.15) is 0 Å². The lowest BCUT2D eigenvalue weighted by molar-refractivity contribution is -0.132. The Kier molecular flexibility index (Phi) is 6.12. The Morgan fingerprint density at radius 1 is 1.24 bits per heavy atom. The fourth-order valence-corrected chi connectivity index (χ4v) is 2.56. The van der Waals surface area contributed by atoms with Gasteiger partial charge in [0.15, 0.2) is 0 Å². The zero-order chi connectivity index (χ0) is 15.2. The highest BCUT2D eigenvalue weighted by molar-refractivity contribution is 6.56. The summed E-state index contributed by atoms with van der Waals surface area (Å²) in [6, 6.07) is 0. The summed E-state index contributed by atoms with van der Waals surface area (Å²) in [4.78, 5) is 25.8. The minimum atomic E-state index is -0.111. The summed E-state index contributed by atoms with van der Waals surface area (Å²) < 4.78 is 0.107. The molecule has 0 bridgehead atoms. The molecule has 1 unspecified atom stereocenters. The molecule has 1 saturated carbocycles. The highest BCUT2D eigenvalue weighted by atomic mass is 35.5. The normalized spacial score (nSPS) is 22.2. The van der Waals surface area contributed by atoms with Gasteiger partial charge in [0.05, 0.1) is 5.92 Å². The van der Waals surface area contributed by atoms with Gasteiger partial charge >= 0.3 is 0 Å². The van der Waals surface area contributed by atoms with Crippen LogP contribution < -0.4 is 5.32 Å². The van der Waals surface area contributed by atoms with Gasteiger partial charge < -0.3 is 10.2 Å². The maximum atomic E-state index is 12.1. The van der Waals surface area contributed by atoms with E-state index in [1.165, 1.54) is 31.1 Å². The van der Waals surface area contributed by atoms with Crippen molar-refractivity contribution in [2.24, 2.45) is 11.8 Å². The third kappa shape index (κ3) is 5.71. The quantitative estimate of drug-likeness (QED) is 0.622. The highest BCUT2D eigenvalue weighted by Crippen LogP contribution is 2.28. The van der Waals surface area contributed by atoms with E-state index in [1.54, 1.807) is 4.90 Å². The molecule has 2 rings (SSSR count). The van der Waals surface area contributed by atoms with Gasteiger partial charge in [0, 0.05) is 25.7 Å². The first-order chi connectivity index (χ1) is 10.1. The van der Waals surface area contributed by atoms with Gasteiger partial charge in [0.1, 0.15) is 4.49 Å². The van der Waals surface area contributed by atoms with E-state index in [1.807, 2.05) is 0 Å². The molecule has 2 fully saturated rings. The largest absolute Gasteiger partial charge is 0.356 e. The molecule has 1 saturated heterocycles. The minimum absolute atomic E-state index is 0.0760. The molecule has 1 heterocycles. The summed E-state index contributed by atoms with van der Waals surface area (Å²) in [5.74, 6) is 0.542. The monoisotopic (exact) mass is 330 g/mol. The Balaban J connectivity index is 1.81. The lowest BCUT2D eigenvalue weighted by Crippen LogP contribution is -2.45. The van der Waals surface area contributed by atoms with Gasteiger partial charge in [0.2, 0.25) is 11.8 Å². The Labute approximate surface area is 135 Å². The fourth-order valence-electron chi connectivity index (χ4n) is 2.41. The summed E-state index contributed by atoms with van der Waals surface area (Å²) in [6.07, 6.45) is 8.53. The number of rotatable bonds is 5. The number of carbonyl (C=O) groups is 2. The molecular formula is C15H20Cl2N2O2. The number of piperidine rings is 1. The molecule has 4 nitrogen and oxygen atoms in total. The Morgan fingerprint density at radius 3 is 2.67 bits per heavy atom. The molecule has 0 aromatic carbocycles. The molecule has 1 atom stereocenters. The maximum absolute atomic E-state index is 12.1. The summed E-state index contributed by atoms with van der Waals surface area (Å²) in [5, 5.41) is 2.99. The molecular weight excluding hydrogens is 311 g/mol. The molecule has 0 aromatic heterocycles. The first-order valence-corrected chi connectivity index (χ1v) is 8.08. The van der Waals surface area contributed by atoms with Gasteiger partial charge in [-0.05, 0) is 37.7 Å². The van der Waals surface area contributed by atoms with Crippen LogP contribution in [0.2, 0.25) is 0 Å². The second-order valence-electron chi connectivity index (χ2n) is 5.63. The fraction of sp³-hybridized carbons (Fsp3) is 0.600. The molecule has 2 aliphatic rings. The van der Waals surface area contributed by atoms with Crippen LogP contribution >= 0.6 is 23.2 Å². The van der Waals surface area contributed by atoms with Crippen LogP contribution in [0.15, 0.2) is 22.7 Å². The average molecular weight is 331 g/mol. The summed E-state index contributed by atoms with van der Waals surface area (Å²) in [5.41, 5.74) is 0. The zero-order valence-corrected chi connectivity index (χ0v) is 13.4. The van der Waals surface area contributed by atoms with Gasteiger partial charge in [0.25, 0.3) is 0 Å². The van der Waals surface area contributed by atoms with E-state index < -0.39 is 0 Å². The van der Waals surface area contributed by atoms with Crippen molar-refractivity contribution < 1.29 is 9.59 Å². The molecule has 1 aliphatic heterocycles. The van der Waals surface area contributed by atoms with Crippen LogP contribution in [0.3, 0.4) is 0 Å². The summed E-state index contributed by atoms with van der Waals surface area (Å²) in [7, 11) is 0. The molecule has 21 heavy (non-hydrogen) atoms. The van der Waals surface area contributed by atoms with Gasteiger partial charge in [-0.25, -0.2) is 0 Å². The smallest absolute Gasteiger partial charge is 0.246 e. The Morgan fingerprint density at radius 2 is 2.00 bits per heavy atom. The molecule has 116 valence electrons. The number of hydrogen-bond acceptors (Lipinski definition) is 2. The Bertz CT molecular complexity index is 455. The Hall–Kier alpha value is -1.000. The number of nitrogens with one attached hydrogen (secondary N) is 1. The van der Waals surface area contributed by atoms with Crippen LogP contribution in [0.4, 0.5) is 0 Å². The summed E-state index contributed by atoms with van der Waals surface area (Å²) >= 11 is 10.9. The minimum Gasteiger partial charge on any atom is -0.356 e. The van der Waals surface area contributed by atoms with Crippen molar-refractivity contribution in [2.45, 2.75) is 25.7 Å². The van der Waals surface area contributed by atoms with Crippen LogP contribution in [0.5, 0.6) is 0 Å². The van der Waals surface area contributed by atoms with E-state index in [0.717, 1.165) is 19.4 Å². The lowest BCUT2D eigenvalue weighted by Gasteiger charge is -2.31. The molecule has 1 aliphatic carbocycles. The van der Waals surface area contributed by atoms with Crippen LogP contribution in [0, 0.1) is 11.8 Å². The van der Waals surface area contributed by atoms with Crippen LogP contribution in [0.25, 0.3) is 0 Å². The average Bonchev–Trinajstić information content (AvgIpc) is 3.28.